The zero-order chi connectivity index (χ0) is 21.5. The van der Waals surface area contributed by atoms with Gasteiger partial charge in [-0.15, -0.1) is 11.8 Å². The summed E-state index contributed by atoms with van der Waals surface area (Å²) in [5.74, 6) is -0.414. The van der Waals surface area contributed by atoms with Crippen LogP contribution in [0.2, 0.25) is 0 Å². The molecule has 6 nitrogen and oxygen atoms in total. The molecule has 154 valence electrons. The van der Waals surface area contributed by atoms with E-state index < -0.39 is 0 Å². The Morgan fingerprint density at radius 2 is 1.77 bits per heavy atom. The average molecular weight is 427 g/mol. The summed E-state index contributed by atoms with van der Waals surface area (Å²) in [4.78, 5) is 12.8. The van der Waals surface area contributed by atoms with E-state index in [9.17, 15) is 18.8 Å². The van der Waals surface area contributed by atoms with Crippen LogP contribution in [-0.4, -0.2) is 28.0 Å². The molecule has 3 N–H and O–H groups in total. The number of carbonyl (C=O) groups excluding carboxylic acids is 1. The summed E-state index contributed by atoms with van der Waals surface area (Å²) in [5, 5.41) is 16.6. The molecule has 0 aliphatic rings. The third-order valence-corrected chi connectivity index (χ3v) is 5.28. The van der Waals surface area contributed by atoms with Crippen LogP contribution in [0.1, 0.15) is 17.7 Å². The lowest BCUT2D eigenvalue weighted by atomic mass is 10.1. The van der Waals surface area contributed by atoms with Gasteiger partial charge in [0.2, 0.25) is 5.91 Å². The van der Waals surface area contributed by atoms with Crippen LogP contribution >= 0.6 is 11.8 Å². The molecule has 1 amide bonds. The number of nitrogens with two attached hydrogens (primary N) is 1. The number of thioether (sulfide) groups is 1. The van der Waals surface area contributed by atoms with Crippen LogP contribution in [0.3, 0.4) is 0 Å². The summed E-state index contributed by atoms with van der Waals surface area (Å²) in [6.07, 6.45) is 1.02. The predicted octanol–water partition coefficient (Wildman–Crippen LogP) is 3.45. The standard InChI is InChI=1S/C21H19F2N5OS/c22-14-3-7-16(8-4-14)28-21(25)18(12-24)19(27-28)2-1-11-26-20(29)13-30-17-9-5-15(23)6-10-17/h3-10H,1-2,11,13,25H2,(H,26,29). The molecule has 0 radical (unpaired) electrons. The number of hydrogen-bond donors (Lipinski definition) is 2. The van der Waals surface area contributed by atoms with Crippen molar-refractivity contribution in [2.24, 2.45) is 0 Å². The van der Waals surface area contributed by atoms with Gasteiger partial charge in [0.15, 0.2) is 0 Å². The Morgan fingerprint density at radius 3 is 2.40 bits per heavy atom. The summed E-state index contributed by atoms with van der Waals surface area (Å²) in [7, 11) is 0. The van der Waals surface area contributed by atoms with E-state index in [-0.39, 0.29) is 34.7 Å². The maximum atomic E-state index is 13.1. The molecule has 0 fully saturated rings. The monoisotopic (exact) mass is 427 g/mol. The van der Waals surface area contributed by atoms with Gasteiger partial charge in [0, 0.05) is 11.4 Å². The Morgan fingerprint density at radius 1 is 1.13 bits per heavy atom. The topological polar surface area (TPSA) is 96.7 Å². The highest BCUT2D eigenvalue weighted by atomic mass is 32.2. The van der Waals surface area contributed by atoms with Crippen molar-refractivity contribution in [3.8, 4) is 11.8 Å². The minimum atomic E-state index is -0.376. The molecule has 0 atom stereocenters. The van der Waals surface area contributed by atoms with Crippen molar-refractivity contribution < 1.29 is 13.6 Å². The van der Waals surface area contributed by atoms with Gasteiger partial charge in [-0.2, -0.15) is 10.4 Å². The first-order valence-electron chi connectivity index (χ1n) is 9.16. The maximum Gasteiger partial charge on any atom is 0.230 e. The van der Waals surface area contributed by atoms with E-state index in [1.54, 1.807) is 12.1 Å². The van der Waals surface area contributed by atoms with Gasteiger partial charge in [-0.1, -0.05) is 0 Å². The number of nitrogens with zero attached hydrogens (tertiary/aromatic N) is 3. The number of aryl methyl sites for hydroxylation is 1. The first kappa shape index (κ1) is 21.3. The van der Waals surface area contributed by atoms with Crippen LogP contribution in [0.15, 0.2) is 53.4 Å². The molecule has 2 aromatic carbocycles. The molecule has 0 bridgehead atoms. The van der Waals surface area contributed by atoms with E-state index in [1.165, 1.54) is 52.8 Å². The molecule has 30 heavy (non-hydrogen) atoms. The minimum Gasteiger partial charge on any atom is -0.382 e. The summed E-state index contributed by atoms with van der Waals surface area (Å²) in [6.45, 7) is 0.414. The molecular weight excluding hydrogens is 408 g/mol. The molecule has 1 aromatic heterocycles. The van der Waals surface area contributed by atoms with Crippen LogP contribution < -0.4 is 11.1 Å². The number of halogens is 2. The van der Waals surface area contributed by atoms with E-state index in [4.69, 9.17) is 5.73 Å². The first-order valence-corrected chi connectivity index (χ1v) is 10.1. The Kier molecular flexibility index (Phi) is 7.03. The van der Waals surface area contributed by atoms with Gasteiger partial charge in [-0.25, -0.2) is 13.5 Å². The van der Waals surface area contributed by atoms with Crippen molar-refractivity contribution in [2.45, 2.75) is 17.7 Å². The summed E-state index contributed by atoms with van der Waals surface area (Å²) in [6, 6.07) is 13.7. The van der Waals surface area contributed by atoms with E-state index in [1.807, 2.05) is 0 Å². The normalized spacial score (nSPS) is 10.6. The second-order valence-electron chi connectivity index (χ2n) is 6.40. The molecular formula is C21H19F2N5OS. The smallest absolute Gasteiger partial charge is 0.230 e. The zero-order valence-corrected chi connectivity index (χ0v) is 16.8. The fraction of sp³-hybridized carbons (Fsp3) is 0.190. The lowest BCUT2D eigenvalue weighted by molar-refractivity contribution is -0.118. The lowest BCUT2D eigenvalue weighted by Crippen LogP contribution is -2.26. The van der Waals surface area contributed by atoms with Crippen LogP contribution in [0.4, 0.5) is 14.6 Å². The number of carbonyl (C=O) groups is 1. The number of nitrogens with one attached hydrogen (secondary N) is 1. The Labute approximate surface area is 176 Å². The fourth-order valence-corrected chi connectivity index (χ4v) is 3.50. The molecule has 3 aromatic rings. The molecule has 3 rings (SSSR count). The third kappa shape index (κ3) is 5.36. The van der Waals surface area contributed by atoms with E-state index in [0.717, 1.165) is 4.90 Å². The predicted molar refractivity (Wildman–Crippen MR) is 111 cm³/mol. The zero-order valence-electron chi connectivity index (χ0n) is 15.9. The molecule has 0 saturated heterocycles. The van der Waals surface area contributed by atoms with Gasteiger partial charge >= 0.3 is 0 Å². The first-order chi connectivity index (χ1) is 14.5. The molecule has 9 heteroatoms. The molecule has 1 heterocycles. The summed E-state index contributed by atoms with van der Waals surface area (Å²) < 4.78 is 27.4. The molecule has 0 spiro atoms. The van der Waals surface area contributed by atoms with Crippen molar-refractivity contribution in [3.63, 3.8) is 0 Å². The fourth-order valence-electron chi connectivity index (χ4n) is 2.77. The largest absolute Gasteiger partial charge is 0.382 e. The van der Waals surface area contributed by atoms with Crippen molar-refractivity contribution >= 4 is 23.5 Å². The lowest BCUT2D eigenvalue weighted by Gasteiger charge is -2.05. The quantitative estimate of drug-likeness (QED) is 0.424. The SMILES string of the molecule is N#Cc1c(CCCNC(=O)CSc2ccc(F)cc2)nn(-c2ccc(F)cc2)c1N. The number of nitriles is 1. The number of anilines is 1. The molecule has 0 unspecified atom stereocenters. The second-order valence-corrected chi connectivity index (χ2v) is 7.45. The highest BCUT2D eigenvalue weighted by molar-refractivity contribution is 8.00. The van der Waals surface area contributed by atoms with Gasteiger partial charge in [-0.05, 0) is 61.4 Å². The minimum absolute atomic E-state index is 0.138. The van der Waals surface area contributed by atoms with E-state index >= 15 is 0 Å². The molecule has 0 saturated carbocycles. The molecule has 0 aliphatic heterocycles. The van der Waals surface area contributed by atoms with E-state index in [2.05, 4.69) is 16.5 Å². The third-order valence-electron chi connectivity index (χ3n) is 4.27. The molecule has 0 aliphatic carbocycles. The number of benzene rings is 2. The van der Waals surface area contributed by atoms with Gasteiger partial charge in [0.25, 0.3) is 0 Å². The Hall–Kier alpha value is -3.38. The highest BCUT2D eigenvalue weighted by Gasteiger charge is 2.16. The van der Waals surface area contributed by atoms with Crippen LogP contribution in [-0.2, 0) is 11.2 Å². The second kappa shape index (κ2) is 9.89. The number of amides is 1. The van der Waals surface area contributed by atoms with Crippen molar-refractivity contribution in [1.29, 1.82) is 5.26 Å². The Balaban J connectivity index is 1.51. The van der Waals surface area contributed by atoms with Crippen LogP contribution in [0, 0.1) is 23.0 Å². The van der Waals surface area contributed by atoms with Crippen molar-refractivity contribution in [3.05, 3.63) is 71.4 Å². The summed E-state index contributed by atoms with van der Waals surface area (Å²) >= 11 is 1.32. The Bertz CT molecular complexity index is 1060. The van der Waals surface area contributed by atoms with Gasteiger partial charge in [0.05, 0.1) is 17.1 Å². The van der Waals surface area contributed by atoms with Crippen molar-refractivity contribution in [1.82, 2.24) is 15.1 Å². The van der Waals surface area contributed by atoms with Crippen molar-refractivity contribution in [2.75, 3.05) is 18.0 Å². The highest BCUT2D eigenvalue weighted by Crippen LogP contribution is 2.22. The van der Waals surface area contributed by atoms with Gasteiger partial charge < -0.3 is 11.1 Å². The number of aromatic nitrogens is 2. The van der Waals surface area contributed by atoms with Crippen LogP contribution in [0.5, 0.6) is 0 Å². The number of nitrogen functional groups attached to an aromatic ring is 1. The van der Waals surface area contributed by atoms with Gasteiger partial charge in [-0.3, -0.25) is 4.79 Å². The maximum absolute atomic E-state index is 13.1. The van der Waals surface area contributed by atoms with Gasteiger partial charge in [0.1, 0.15) is 29.1 Å². The number of hydrogen-bond acceptors (Lipinski definition) is 5. The number of rotatable bonds is 8. The van der Waals surface area contributed by atoms with E-state index in [0.29, 0.717) is 30.8 Å². The summed E-state index contributed by atoms with van der Waals surface area (Å²) in [5.41, 5.74) is 7.39. The average Bonchev–Trinajstić information content (AvgIpc) is 3.06. The van der Waals surface area contributed by atoms with Crippen LogP contribution in [0.25, 0.3) is 5.69 Å².